The average Bonchev–Trinajstić information content (AvgIpc) is 2.43. The molecule has 1 aromatic carbocycles. The van der Waals surface area contributed by atoms with Gasteiger partial charge in [0.15, 0.2) is 0 Å². The summed E-state index contributed by atoms with van der Waals surface area (Å²) in [6.07, 6.45) is 1.80. The topological polar surface area (TPSA) is 17.1 Å². The van der Waals surface area contributed by atoms with E-state index in [0.29, 0.717) is 5.78 Å². The summed E-state index contributed by atoms with van der Waals surface area (Å²) in [5.41, 5.74) is 1.45. The Balaban J connectivity index is 3.17. The molecule has 1 rings (SSSR count). The van der Waals surface area contributed by atoms with Crippen LogP contribution in [-0.4, -0.2) is 17.8 Å². The molecule has 0 aliphatic rings. The molecule has 2 atom stereocenters. The summed E-state index contributed by atoms with van der Waals surface area (Å²) in [6.45, 7) is 13.8. The van der Waals surface area contributed by atoms with Crippen LogP contribution in [0.25, 0.3) is 0 Å². The van der Waals surface area contributed by atoms with Crippen molar-refractivity contribution in [3.8, 4) is 0 Å². The van der Waals surface area contributed by atoms with Gasteiger partial charge in [0.2, 0.25) is 0 Å². The number of alkyl halides is 1. The number of carbonyl (C=O) groups is 1. The van der Waals surface area contributed by atoms with Crippen LogP contribution in [0.15, 0.2) is 28.7 Å². The van der Waals surface area contributed by atoms with E-state index in [4.69, 9.17) is 0 Å². The molecule has 4 heteroatoms. The van der Waals surface area contributed by atoms with Crippen molar-refractivity contribution >= 4 is 52.4 Å². The van der Waals surface area contributed by atoms with Crippen LogP contribution in [-0.2, 0) is 11.2 Å². The lowest BCUT2D eigenvalue weighted by atomic mass is 10.0. The Bertz CT molecular complexity index is 505. The zero-order valence-electron chi connectivity index (χ0n) is 14.5. The molecule has 0 N–H and O–H groups in total. The molecule has 0 bridgehead atoms. The summed E-state index contributed by atoms with van der Waals surface area (Å²) in [5, 5.41) is 0.215. The van der Waals surface area contributed by atoms with Gasteiger partial charge in [-0.15, -0.1) is 0 Å². The summed E-state index contributed by atoms with van der Waals surface area (Å²) < 4.78 is 1.22. The minimum absolute atomic E-state index is 0.132. The highest BCUT2D eigenvalue weighted by Crippen LogP contribution is 2.46. The molecule has 0 saturated carbocycles. The number of halogens is 2. The van der Waals surface area contributed by atoms with E-state index in [1.807, 2.05) is 0 Å². The summed E-state index contributed by atoms with van der Waals surface area (Å²) in [6, 6.07) is 8.44. The fourth-order valence-electron chi connectivity index (χ4n) is 2.51. The number of hydrogen-bond donors (Lipinski definition) is 0. The van der Waals surface area contributed by atoms with Crippen molar-refractivity contribution in [2.75, 3.05) is 0 Å². The van der Waals surface area contributed by atoms with Crippen molar-refractivity contribution in [1.29, 1.82) is 0 Å². The van der Waals surface area contributed by atoms with Gasteiger partial charge in [-0.3, -0.25) is 4.79 Å². The van der Waals surface area contributed by atoms with E-state index in [1.54, 1.807) is 0 Å². The second-order valence-corrected chi connectivity index (χ2v) is 15.7. The molecule has 0 heterocycles. The first kappa shape index (κ1) is 20.4. The third kappa shape index (κ3) is 4.90. The normalized spacial score (nSPS) is 15.5. The maximum atomic E-state index is 13.1. The Labute approximate surface area is 158 Å². The highest BCUT2D eigenvalue weighted by atomic mass is 127. The number of hydrogen-bond acceptors (Lipinski definition) is 1. The Morgan fingerprint density at radius 3 is 2.14 bits per heavy atom. The first-order chi connectivity index (χ1) is 10.0. The lowest BCUT2D eigenvalue weighted by Crippen LogP contribution is -2.47. The Hall–Kier alpha value is 0.317. The second kappa shape index (κ2) is 7.93. The SMILES string of the molecule is CC[C@H](I)C(=O)[C@H](Cc1ccc(Br)cc1)[Si](C)(C)C(C)(C)C. The molecule has 1 aromatic rings. The predicted molar refractivity (Wildman–Crippen MR) is 112 cm³/mol. The zero-order valence-corrected chi connectivity index (χ0v) is 19.3. The molecule has 0 aliphatic heterocycles. The highest BCUT2D eigenvalue weighted by molar-refractivity contribution is 14.1. The quantitative estimate of drug-likeness (QED) is 0.245. The third-order valence-electron chi connectivity index (χ3n) is 5.17. The van der Waals surface area contributed by atoms with Crippen LogP contribution >= 0.6 is 38.5 Å². The number of benzene rings is 1. The van der Waals surface area contributed by atoms with Crippen LogP contribution in [0.5, 0.6) is 0 Å². The maximum Gasteiger partial charge on any atom is 0.146 e. The van der Waals surface area contributed by atoms with Crippen molar-refractivity contribution in [3.63, 3.8) is 0 Å². The molecular formula is C18H28BrIOSi. The van der Waals surface area contributed by atoms with Gasteiger partial charge in [0.25, 0.3) is 0 Å². The summed E-state index contributed by atoms with van der Waals surface area (Å²) in [4.78, 5) is 13.1. The van der Waals surface area contributed by atoms with Gasteiger partial charge in [-0.05, 0) is 35.6 Å². The summed E-state index contributed by atoms with van der Waals surface area (Å²) >= 11 is 5.81. The lowest BCUT2D eigenvalue weighted by molar-refractivity contribution is -0.118. The minimum Gasteiger partial charge on any atom is -0.299 e. The van der Waals surface area contributed by atoms with Crippen LogP contribution in [0.3, 0.4) is 0 Å². The van der Waals surface area contributed by atoms with Crippen LogP contribution in [0.4, 0.5) is 0 Å². The standard InChI is InChI=1S/C18H28BrIOSi/c1-7-15(20)17(21)16(22(5,6)18(2,3)4)12-13-8-10-14(19)11-9-13/h8-11,15-16H,7,12H2,1-6H3/t15-,16-/m0/s1. The van der Waals surface area contributed by atoms with E-state index < -0.39 is 8.07 Å². The highest BCUT2D eigenvalue weighted by Gasteiger charge is 2.46. The Morgan fingerprint density at radius 1 is 1.23 bits per heavy atom. The van der Waals surface area contributed by atoms with Gasteiger partial charge in [-0.2, -0.15) is 0 Å². The van der Waals surface area contributed by atoms with Gasteiger partial charge in [0, 0.05) is 10.0 Å². The molecule has 0 saturated heterocycles. The van der Waals surface area contributed by atoms with Gasteiger partial charge in [-0.25, -0.2) is 0 Å². The van der Waals surface area contributed by atoms with E-state index in [-0.39, 0.29) is 14.5 Å². The minimum atomic E-state index is -1.74. The summed E-state index contributed by atoms with van der Waals surface area (Å²) in [7, 11) is -1.74. The van der Waals surface area contributed by atoms with E-state index in [0.717, 1.165) is 17.3 Å². The molecular weight excluding hydrogens is 467 g/mol. The van der Waals surface area contributed by atoms with Crippen molar-refractivity contribution in [3.05, 3.63) is 34.3 Å². The first-order valence-electron chi connectivity index (χ1n) is 7.93. The van der Waals surface area contributed by atoms with Crippen LogP contribution in [0.1, 0.15) is 39.7 Å². The largest absolute Gasteiger partial charge is 0.299 e. The maximum absolute atomic E-state index is 13.1. The van der Waals surface area contributed by atoms with Gasteiger partial charge in [0.1, 0.15) is 5.78 Å². The molecule has 0 aromatic heterocycles. The predicted octanol–water partition coefficient (Wildman–Crippen LogP) is 6.65. The molecule has 0 unspecified atom stereocenters. The van der Waals surface area contributed by atoms with Crippen molar-refractivity contribution in [2.24, 2.45) is 0 Å². The summed E-state index contributed by atoms with van der Waals surface area (Å²) in [5.74, 6) is 0.456. The van der Waals surface area contributed by atoms with Crippen molar-refractivity contribution in [2.45, 2.75) is 68.1 Å². The lowest BCUT2D eigenvalue weighted by Gasteiger charge is -2.43. The zero-order chi connectivity index (χ0) is 17.1. The van der Waals surface area contributed by atoms with E-state index in [1.165, 1.54) is 5.56 Å². The number of carbonyl (C=O) groups excluding carboxylic acids is 1. The van der Waals surface area contributed by atoms with Crippen molar-refractivity contribution < 1.29 is 4.79 Å². The molecule has 124 valence electrons. The third-order valence-corrected chi connectivity index (χ3v) is 13.3. The number of rotatable bonds is 6. The van der Waals surface area contributed by atoms with Gasteiger partial charge >= 0.3 is 0 Å². The molecule has 22 heavy (non-hydrogen) atoms. The smallest absolute Gasteiger partial charge is 0.146 e. The molecule has 0 spiro atoms. The van der Waals surface area contributed by atoms with Crippen molar-refractivity contribution in [1.82, 2.24) is 0 Å². The van der Waals surface area contributed by atoms with E-state index >= 15 is 0 Å². The van der Waals surface area contributed by atoms with Crippen LogP contribution < -0.4 is 0 Å². The Kier molecular flexibility index (Phi) is 7.34. The average molecular weight is 495 g/mol. The molecule has 0 radical (unpaired) electrons. The van der Waals surface area contributed by atoms with Gasteiger partial charge in [0.05, 0.1) is 12.0 Å². The monoisotopic (exact) mass is 494 g/mol. The van der Waals surface area contributed by atoms with Crippen LogP contribution in [0, 0.1) is 0 Å². The second-order valence-electron chi connectivity index (χ2n) is 7.63. The fourth-order valence-corrected chi connectivity index (χ4v) is 6.25. The van der Waals surface area contributed by atoms with Gasteiger partial charge in [-0.1, -0.05) is 91.4 Å². The van der Waals surface area contributed by atoms with E-state index in [9.17, 15) is 4.79 Å². The number of Topliss-reactive ketones (excluding diaryl/α,β-unsaturated/α-hetero) is 1. The first-order valence-corrected chi connectivity index (χ1v) is 13.0. The molecule has 1 nitrogen and oxygen atoms in total. The van der Waals surface area contributed by atoms with E-state index in [2.05, 4.69) is 104 Å². The molecule has 0 amide bonds. The Morgan fingerprint density at radius 2 is 1.73 bits per heavy atom. The molecule has 0 fully saturated rings. The van der Waals surface area contributed by atoms with Crippen LogP contribution in [0.2, 0.25) is 23.7 Å². The fraction of sp³-hybridized carbons (Fsp3) is 0.611. The number of ketones is 1. The van der Waals surface area contributed by atoms with Gasteiger partial charge < -0.3 is 0 Å². The molecule has 0 aliphatic carbocycles.